The number of aromatic nitrogens is 4. The van der Waals surface area contributed by atoms with Gasteiger partial charge in [0.05, 0.1) is 97.3 Å². The third-order valence-electron chi connectivity index (χ3n) is 22.4. The molecule has 0 spiro atoms. The van der Waals surface area contributed by atoms with Gasteiger partial charge in [-0.3, -0.25) is 38.4 Å². The van der Waals surface area contributed by atoms with Crippen LogP contribution in [-0.4, -0.2) is 169 Å². The minimum Gasteiger partial charge on any atom is -0.497 e. The van der Waals surface area contributed by atoms with Gasteiger partial charge in [0.15, 0.2) is 21.8 Å². The number of methoxy groups -OCH3 is 2. The van der Waals surface area contributed by atoms with Crippen LogP contribution < -0.4 is 47.4 Å². The number of anilines is 2. The van der Waals surface area contributed by atoms with E-state index in [1.165, 1.54) is 62.8 Å². The molecular formula is C92H116N10O20S4. The second-order valence-electron chi connectivity index (χ2n) is 37.4. The predicted molar refractivity (Wildman–Crippen MR) is 481 cm³/mol. The van der Waals surface area contributed by atoms with E-state index in [0.29, 0.717) is 74.0 Å². The van der Waals surface area contributed by atoms with Crippen LogP contribution in [0, 0.1) is 45.3 Å². The van der Waals surface area contributed by atoms with E-state index in [1.807, 2.05) is 104 Å². The van der Waals surface area contributed by atoms with Gasteiger partial charge in [-0.15, -0.1) is 29.3 Å². The number of carbonyl (C=O) groups is 8. The lowest BCUT2D eigenvalue weighted by Crippen LogP contribution is -2.49. The monoisotopic (exact) mass is 1810 g/mol. The Morgan fingerprint density at radius 1 is 0.524 bits per heavy atom. The van der Waals surface area contributed by atoms with E-state index in [4.69, 9.17) is 56.7 Å². The Bertz CT molecular complexity index is 5600. The molecule has 2 saturated heterocycles. The number of nitrogens with one attached hydrogen (secondary N) is 4. The van der Waals surface area contributed by atoms with Crippen molar-refractivity contribution in [1.29, 1.82) is 0 Å². The number of ether oxygens (including phenoxy) is 6. The molecule has 678 valence electrons. The number of likely N-dealkylation sites (tertiary alicyclic amines) is 2. The summed E-state index contributed by atoms with van der Waals surface area (Å²) in [6.07, 6.45) is -0.108. The topological polar surface area (TPSA) is 385 Å². The molecule has 0 bridgehead atoms. The number of carbonyl (C=O) groups excluding carboxylic acids is 8. The average molecular weight is 1810 g/mol. The lowest BCUT2D eigenvalue weighted by atomic mass is 9.77. The molecule has 2 saturated carbocycles. The summed E-state index contributed by atoms with van der Waals surface area (Å²) in [5, 5.41) is 13.2. The molecule has 34 heteroatoms. The Balaban J connectivity index is 0.000000245. The number of pyridine rings is 2. The summed E-state index contributed by atoms with van der Waals surface area (Å²) in [4.78, 5) is 136. The van der Waals surface area contributed by atoms with Gasteiger partial charge in [0.25, 0.3) is 0 Å². The van der Waals surface area contributed by atoms with E-state index in [9.17, 15) is 55.2 Å². The number of ketones is 2. The number of hydrogen-bond acceptors (Lipinski definition) is 28. The van der Waals surface area contributed by atoms with Crippen LogP contribution >= 0.6 is 22.7 Å². The maximum Gasteiger partial charge on any atom is 0.409 e. The Morgan fingerprint density at radius 3 is 1.25 bits per heavy atom. The highest BCUT2D eigenvalue weighted by Gasteiger charge is 2.63. The molecule has 4 N–H and O–H groups in total. The van der Waals surface area contributed by atoms with Gasteiger partial charge < -0.3 is 57.2 Å². The molecule has 4 aromatic heterocycles. The van der Waals surface area contributed by atoms with E-state index < -0.39 is 149 Å². The second-order valence-corrected chi connectivity index (χ2v) is 41.6. The maximum atomic E-state index is 14.9. The van der Waals surface area contributed by atoms with Crippen molar-refractivity contribution in [2.45, 2.75) is 223 Å². The average Bonchev–Trinajstić information content (AvgIpc) is 1.58. The number of para-hydroxylation sites is 2. The summed E-state index contributed by atoms with van der Waals surface area (Å²) in [6, 6.07) is 28.0. The number of amides is 4. The first-order valence-electron chi connectivity index (χ1n) is 42.1. The molecule has 2 aliphatic heterocycles. The first kappa shape index (κ1) is 95.8. The standard InChI is InChI=1S/C46H59N5O10S2.C46H57N5O10S2/c2*1-11-28-23-46(28,42(55)50-63(56,57)61-29-15-13-12-14-16-29)24-38(52)37-20-31(25-51(37)41(54)33(44(4,5)6)21-40(53)60-45(7,8)9)59-39-22-35(36-26-62-43(49-36)47-27(2)3)48-34-19-30(58-10)17-18-32(34)39/h12-19,22,26-28,31,33,37H,11,20-21,23-25H2,1-10H3,(H,47,49)(H,50,55);11-19,22,26-28,31,33,37H,1,20-21,23-25H2,2-10H3,(H,47,49)(H,50,55)/t2*28-,31-,33-,37+,46-/m11/s1. The summed E-state index contributed by atoms with van der Waals surface area (Å²) in [6.45, 7) is 35.3. The van der Waals surface area contributed by atoms with Gasteiger partial charge in [-0.25, -0.2) is 29.4 Å². The molecule has 0 unspecified atom stereocenters. The van der Waals surface area contributed by atoms with Gasteiger partial charge in [0.1, 0.15) is 69.3 Å². The summed E-state index contributed by atoms with van der Waals surface area (Å²) in [5.41, 5.74) is -2.41. The van der Waals surface area contributed by atoms with Crippen LogP contribution in [0.5, 0.6) is 34.5 Å². The van der Waals surface area contributed by atoms with Gasteiger partial charge in [0.2, 0.25) is 23.6 Å². The largest absolute Gasteiger partial charge is 0.497 e. The van der Waals surface area contributed by atoms with E-state index in [0.717, 1.165) is 10.3 Å². The van der Waals surface area contributed by atoms with Crippen LogP contribution in [0.4, 0.5) is 10.3 Å². The zero-order valence-electron chi connectivity index (χ0n) is 74.9. The molecule has 4 aromatic carbocycles. The molecule has 4 fully saturated rings. The first-order chi connectivity index (χ1) is 59.0. The summed E-state index contributed by atoms with van der Waals surface area (Å²) in [7, 11) is -6.09. The third kappa shape index (κ3) is 24.1. The number of esters is 2. The highest BCUT2D eigenvalue weighted by molar-refractivity contribution is 7.86. The molecule has 2 aliphatic carbocycles. The number of allylic oxidation sites excluding steroid dienone is 1. The van der Waals surface area contributed by atoms with Crippen molar-refractivity contribution in [3.63, 3.8) is 0 Å². The van der Waals surface area contributed by atoms with Crippen LogP contribution in [-0.2, 0) is 68.4 Å². The minimum absolute atomic E-state index is 0.00219. The fourth-order valence-corrected chi connectivity index (χ4v) is 19.3. The van der Waals surface area contributed by atoms with Crippen LogP contribution in [0.15, 0.2) is 133 Å². The SMILES string of the molecule is C=C[C@@H]1C[C@]1(CC(=O)[C@@H]1C[C@@H](Oc2cc(-c3csc(NC(C)C)n3)nc3cc(OC)ccc23)CN1C(=O)[C@@H](CC(=O)OC(C)(C)C)C(C)(C)C)C(=O)NS(=O)(=O)Oc1ccccc1.CC[C@@H]1C[C@]1(CC(=O)[C@@H]1C[C@@H](Oc2cc(-c3csc(NC(C)C)n3)nc3cc(OC)ccc23)CN1C(=O)[C@@H](CC(=O)OC(C)(C)C)C(C)(C)C)C(=O)NS(=O)(=O)Oc1ccccc1. The molecule has 10 atom stereocenters. The molecule has 6 heterocycles. The summed E-state index contributed by atoms with van der Waals surface area (Å²) >= 11 is 2.89. The number of benzene rings is 4. The van der Waals surface area contributed by atoms with Gasteiger partial charge in [-0.05, 0) is 153 Å². The molecule has 0 radical (unpaired) electrons. The van der Waals surface area contributed by atoms with Crippen molar-refractivity contribution in [2.75, 3.05) is 37.9 Å². The lowest BCUT2D eigenvalue weighted by Gasteiger charge is -2.35. The molecule has 12 rings (SSSR count). The smallest absolute Gasteiger partial charge is 0.409 e. The number of Topliss-reactive ketones (excluding diaryl/α,β-unsaturated/α-hetero) is 2. The number of hydrogen-bond donors (Lipinski definition) is 4. The van der Waals surface area contributed by atoms with Crippen molar-refractivity contribution >= 4 is 122 Å². The second kappa shape index (κ2) is 38.4. The van der Waals surface area contributed by atoms with Gasteiger partial charge in [-0.2, -0.15) is 16.8 Å². The van der Waals surface area contributed by atoms with Crippen molar-refractivity contribution in [3.05, 3.63) is 133 Å². The van der Waals surface area contributed by atoms with Gasteiger partial charge >= 0.3 is 32.5 Å². The molecular weight excluding hydrogens is 1690 g/mol. The van der Waals surface area contributed by atoms with Gasteiger partial charge in [0, 0.05) is 83.6 Å². The number of nitrogens with zero attached hydrogens (tertiary/aromatic N) is 6. The molecule has 8 aromatic rings. The van der Waals surface area contributed by atoms with E-state index in [2.05, 4.69) is 21.9 Å². The summed E-state index contributed by atoms with van der Waals surface area (Å²) < 4.78 is 102. The zero-order chi connectivity index (χ0) is 92.1. The third-order valence-corrected chi connectivity index (χ3v) is 25.6. The Morgan fingerprint density at radius 2 is 0.913 bits per heavy atom. The Hall–Kier alpha value is -10.8. The Labute approximate surface area is 745 Å². The van der Waals surface area contributed by atoms with Gasteiger partial charge in [-0.1, -0.05) is 97.4 Å². The maximum absolute atomic E-state index is 14.9. The number of rotatable bonds is 34. The van der Waals surface area contributed by atoms with Crippen LogP contribution in [0.1, 0.15) is 175 Å². The van der Waals surface area contributed by atoms with Crippen LogP contribution in [0.3, 0.4) is 0 Å². The predicted octanol–water partition coefficient (Wildman–Crippen LogP) is 15.3. The van der Waals surface area contributed by atoms with E-state index in [-0.39, 0.29) is 87.5 Å². The highest BCUT2D eigenvalue weighted by Crippen LogP contribution is 2.59. The minimum atomic E-state index is -4.63. The Kier molecular flexibility index (Phi) is 29.2. The molecule has 126 heavy (non-hydrogen) atoms. The molecule has 4 amide bonds. The van der Waals surface area contributed by atoms with Crippen molar-refractivity contribution < 1.29 is 92.0 Å². The van der Waals surface area contributed by atoms with E-state index in [1.54, 1.807) is 129 Å². The molecule has 30 nitrogen and oxygen atoms in total. The zero-order valence-corrected chi connectivity index (χ0v) is 78.1. The van der Waals surface area contributed by atoms with Crippen LogP contribution in [0.25, 0.3) is 44.6 Å². The van der Waals surface area contributed by atoms with Crippen molar-refractivity contribution in [2.24, 2.45) is 45.3 Å². The number of fused-ring (bicyclic) bond motifs is 2. The summed E-state index contributed by atoms with van der Waals surface area (Å²) in [5.74, 6) is -5.22. The quantitative estimate of drug-likeness (QED) is 0.0215. The van der Waals surface area contributed by atoms with E-state index >= 15 is 0 Å². The van der Waals surface area contributed by atoms with Crippen molar-refractivity contribution in [3.8, 4) is 57.3 Å². The molecule has 4 aliphatic rings. The number of thiazole rings is 2. The van der Waals surface area contributed by atoms with Crippen LogP contribution in [0.2, 0.25) is 0 Å². The fourth-order valence-electron chi connectivity index (χ4n) is 15.9. The first-order valence-corrected chi connectivity index (χ1v) is 46.7. The highest BCUT2D eigenvalue weighted by atomic mass is 32.2. The van der Waals surface area contributed by atoms with Crippen molar-refractivity contribution in [1.82, 2.24) is 39.2 Å². The fraction of sp³-hybridized carbons (Fsp3) is 0.500. The normalized spacial score (nSPS) is 20.5. The lowest BCUT2D eigenvalue weighted by molar-refractivity contribution is -0.161.